The van der Waals surface area contributed by atoms with E-state index in [4.69, 9.17) is 5.26 Å². The van der Waals surface area contributed by atoms with Crippen molar-refractivity contribution in [3.05, 3.63) is 11.8 Å². The number of methoxy groups -OCH3 is 1. The SMILES string of the molecule is COc1nc(CC#N)c(OC(F)(F)F)cc1O. The van der Waals surface area contributed by atoms with Crippen LogP contribution in [0.25, 0.3) is 0 Å². The zero-order valence-electron chi connectivity index (χ0n) is 8.58. The van der Waals surface area contributed by atoms with Crippen molar-refractivity contribution < 1.29 is 27.8 Å². The highest BCUT2D eigenvalue weighted by Gasteiger charge is 2.33. The largest absolute Gasteiger partial charge is 0.573 e. The zero-order chi connectivity index (χ0) is 13.1. The van der Waals surface area contributed by atoms with Crippen LogP contribution in [0.2, 0.25) is 0 Å². The van der Waals surface area contributed by atoms with Crippen LogP contribution in [0, 0.1) is 11.3 Å². The summed E-state index contributed by atoms with van der Waals surface area (Å²) in [6.07, 6.45) is -5.32. The lowest BCUT2D eigenvalue weighted by molar-refractivity contribution is -0.275. The minimum absolute atomic E-state index is 0.264. The molecule has 1 aromatic heterocycles. The number of ether oxygens (including phenoxy) is 2. The average molecular weight is 248 g/mol. The lowest BCUT2D eigenvalue weighted by Crippen LogP contribution is -2.18. The number of alkyl halides is 3. The number of pyridine rings is 1. The van der Waals surface area contributed by atoms with E-state index in [0.717, 1.165) is 0 Å². The molecular weight excluding hydrogens is 241 g/mol. The Bertz CT molecular complexity index is 454. The molecule has 0 amide bonds. The van der Waals surface area contributed by atoms with Crippen LogP contribution >= 0.6 is 0 Å². The number of rotatable bonds is 3. The molecule has 0 atom stereocenters. The van der Waals surface area contributed by atoms with Crippen LogP contribution in [0.1, 0.15) is 5.69 Å². The van der Waals surface area contributed by atoms with Crippen LogP contribution in [0.15, 0.2) is 6.07 Å². The summed E-state index contributed by atoms with van der Waals surface area (Å²) in [5.41, 5.74) is -0.264. The molecular formula is C9H7F3N2O3. The van der Waals surface area contributed by atoms with E-state index >= 15 is 0 Å². The molecule has 1 rings (SSSR count). The molecule has 0 aliphatic rings. The second kappa shape index (κ2) is 4.78. The van der Waals surface area contributed by atoms with Crippen LogP contribution in [0.4, 0.5) is 13.2 Å². The molecule has 0 aromatic carbocycles. The Balaban J connectivity index is 3.19. The predicted molar refractivity (Wildman–Crippen MR) is 48.5 cm³/mol. The molecule has 0 unspecified atom stereocenters. The van der Waals surface area contributed by atoms with Gasteiger partial charge >= 0.3 is 6.36 Å². The molecule has 0 aliphatic heterocycles. The third-order valence-electron chi connectivity index (χ3n) is 1.67. The minimum atomic E-state index is -4.92. The number of hydrogen-bond donors (Lipinski definition) is 1. The Morgan fingerprint density at radius 2 is 2.18 bits per heavy atom. The normalized spacial score (nSPS) is 10.8. The fourth-order valence-electron chi connectivity index (χ4n) is 1.07. The van der Waals surface area contributed by atoms with Gasteiger partial charge < -0.3 is 14.6 Å². The maximum atomic E-state index is 12.0. The van der Waals surface area contributed by atoms with Gasteiger partial charge in [-0.1, -0.05) is 0 Å². The summed E-state index contributed by atoms with van der Waals surface area (Å²) < 4.78 is 44.3. The maximum Gasteiger partial charge on any atom is 0.573 e. The van der Waals surface area contributed by atoms with Gasteiger partial charge in [0.2, 0.25) is 0 Å². The van der Waals surface area contributed by atoms with E-state index in [2.05, 4.69) is 14.5 Å². The molecule has 0 fully saturated rings. The molecule has 0 aliphatic carbocycles. The molecule has 1 aromatic rings. The monoisotopic (exact) mass is 248 g/mol. The second-order valence-electron chi connectivity index (χ2n) is 2.84. The zero-order valence-corrected chi connectivity index (χ0v) is 8.58. The number of nitrogens with zero attached hydrogens (tertiary/aromatic N) is 2. The standard InChI is InChI=1S/C9H7F3N2O3/c1-16-8-6(15)4-7(17-9(10,11)12)5(14-8)2-3-13/h4,15H,2H2,1H3. The number of aromatic hydroxyl groups is 1. The first-order chi connectivity index (χ1) is 7.87. The van der Waals surface area contributed by atoms with Crippen LogP contribution in [-0.4, -0.2) is 23.6 Å². The summed E-state index contributed by atoms with van der Waals surface area (Å²) >= 11 is 0. The van der Waals surface area contributed by atoms with Gasteiger partial charge in [-0.05, 0) is 0 Å². The Kier molecular flexibility index (Phi) is 3.62. The van der Waals surface area contributed by atoms with E-state index in [0.29, 0.717) is 6.07 Å². The van der Waals surface area contributed by atoms with Crippen LogP contribution in [-0.2, 0) is 6.42 Å². The van der Waals surface area contributed by atoms with Crippen molar-refractivity contribution >= 4 is 0 Å². The average Bonchev–Trinajstić information content (AvgIpc) is 2.20. The number of halogens is 3. The fraction of sp³-hybridized carbons (Fsp3) is 0.333. The number of hydrogen-bond acceptors (Lipinski definition) is 5. The Hall–Kier alpha value is -2.17. The van der Waals surface area contributed by atoms with E-state index in [9.17, 15) is 18.3 Å². The number of aromatic nitrogens is 1. The highest BCUT2D eigenvalue weighted by molar-refractivity contribution is 5.43. The molecule has 0 radical (unpaired) electrons. The van der Waals surface area contributed by atoms with Crippen molar-refractivity contribution in [3.8, 4) is 23.4 Å². The van der Waals surface area contributed by atoms with Gasteiger partial charge in [0.25, 0.3) is 5.88 Å². The van der Waals surface area contributed by atoms with Crippen LogP contribution in [0.5, 0.6) is 17.4 Å². The van der Waals surface area contributed by atoms with Gasteiger partial charge in [0.05, 0.1) is 19.6 Å². The molecule has 0 bridgehead atoms. The Labute approximate surface area is 94.0 Å². The third kappa shape index (κ3) is 3.41. The summed E-state index contributed by atoms with van der Waals surface area (Å²) in [5.74, 6) is -1.60. The number of nitriles is 1. The van der Waals surface area contributed by atoms with E-state index < -0.39 is 24.3 Å². The van der Waals surface area contributed by atoms with Gasteiger partial charge in [0.15, 0.2) is 11.5 Å². The first kappa shape index (κ1) is 12.9. The lowest BCUT2D eigenvalue weighted by atomic mass is 10.2. The van der Waals surface area contributed by atoms with E-state index in [1.807, 2.05) is 0 Å². The molecule has 1 N–H and O–H groups in total. The van der Waals surface area contributed by atoms with Crippen molar-refractivity contribution in [2.75, 3.05) is 7.11 Å². The first-order valence-electron chi connectivity index (χ1n) is 4.27. The molecule has 0 saturated heterocycles. The summed E-state index contributed by atoms with van der Waals surface area (Å²) in [5, 5.41) is 17.7. The van der Waals surface area contributed by atoms with Crippen molar-refractivity contribution in [3.63, 3.8) is 0 Å². The molecule has 92 valence electrons. The summed E-state index contributed by atoms with van der Waals surface area (Å²) in [6, 6.07) is 2.33. The van der Waals surface area contributed by atoms with Gasteiger partial charge in [0.1, 0.15) is 5.69 Å². The highest BCUT2D eigenvalue weighted by atomic mass is 19.4. The third-order valence-corrected chi connectivity index (χ3v) is 1.67. The van der Waals surface area contributed by atoms with E-state index in [-0.39, 0.29) is 11.6 Å². The van der Waals surface area contributed by atoms with Crippen molar-refractivity contribution in [1.29, 1.82) is 5.26 Å². The predicted octanol–water partition coefficient (Wildman–Crippen LogP) is 1.76. The second-order valence-corrected chi connectivity index (χ2v) is 2.84. The molecule has 5 nitrogen and oxygen atoms in total. The summed E-state index contributed by atoms with van der Waals surface area (Å²) in [7, 11) is 1.18. The van der Waals surface area contributed by atoms with Gasteiger partial charge in [-0.25, -0.2) is 4.98 Å². The Morgan fingerprint density at radius 1 is 1.53 bits per heavy atom. The van der Waals surface area contributed by atoms with Gasteiger partial charge in [0, 0.05) is 6.07 Å². The molecule has 8 heteroatoms. The molecule has 17 heavy (non-hydrogen) atoms. The van der Waals surface area contributed by atoms with Crippen LogP contribution < -0.4 is 9.47 Å². The first-order valence-corrected chi connectivity index (χ1v) is 4.27. The van der Waals surface area contributed by atoms with Crippen LogP contribution in [0.3, 0.4) is 0 Å². The lowest BCUT2D eigenvalue weighted by Gasteiger charge is -2.12. The van der Waals surface area contributed by atoms with Crippen molar-refractivity contribution in [1.82, 2.24) is 4.98 Å². The van der Waals surface area contributed by atoms with E-state index in [1.165, 1.54) is 7.11 Å². The topological polar surface area (TPSA) is 75.4 Å². The van der Waals surface area contributed by atoms with Gasteiger partial charge in [-0.3, -0.25) is 0 Å². The maximum absolute atomic E-state index is 12.0. The van der Waals surface area contributed by atoms with E-state index in [1.54, 1.807) is 6.07 Å². The smallest absolute Gasteiger partial charge is 0.503 e. The fourth-order valence-corrected chi connectivity index (χ4v) is 1.07. The quantitative estimate of drug-likeness (QED) is 0.882. The molecule has 1 heterocycles. The minimum Gasteiger partial charge on any atom is -0.503 e. The Morgan fingerprint density at radius 3 is 2.65 bits per heavy atom. The molecule has 0 saturated carbocycles. The molecule has 0 spiro atoms. The van der Waals surface area contributed by atoms with Crippen molar-refractivity contribution in [2.45, 2.75) is 12.8 Å². The van der Waals surface area contributed by atoms with Gasteiger partial charge in [-0.15, -0.1) is 13.2 Å². The van der Waals surface area contributed by atoms with Gasteiger partial charge in [-0.2, -0.15) is 5.26 Å². The summed E-state index contributed by atoms with van der Waals surface area (Å²) in [4.78, 5) is 3.54. The summed E-state index contributed by atoms with van der Waals surface area (Å²) in [6.45, 7) is 0. The highest BCUT2D eigenvalue weighted by Crippen LogP contribution is 2.33. The van der Waals surface area contributed by atoms with Crippen molar-refractivity contribution in [2.24, 2.45) is 0 Å².